The summed E-state index contributed by atoms with van der Waals surface area (Å²) in [4.78, 5) is 12.1. The van der Waals surface area contributed by atoms with Gasteiger partial charge in [0.1, 0.15) is 17.5 Å². The smallest absolute Gasteiger partial charge is 0.140 e. The minimum absolute atomic E-state index is 0.336. The molecule has 6 heteroatoms. The maximum Gasteiger partial charge on any atom is 0.140 e. The van der Waals surface area contributed by atoms with E-state index in [0.29, 0.717) is 33.7 Å². The van der Waals surface area contributed by atoms with Crippen molar-refractivity contribution in [3.8, 4) is 22.4 Å². The average molecular weight is 461 g/mol. The molecule has 0 bridgehead atoms. The molecule has 3 heterocycles. The standard InChI is InChI=1S/C27H26ClFN4/c1-16-9-3-4-11-18(16)23-25-20(27(32-26(23)30)33-14-8-7-10-17(33)2)15-21(28)24(31-25)19-12-5-6-13-22(19)29/h3-6,9,11-13,15,17H,7-8,10,14H2,1-2H3,(H2,30,32)/t17-/m0/s1. The lowest BCUT2D eigenvalue weighted by molar-refractivity contribution is 0.482. The van der Waals surface area contributed by atoms with Crippen molar-refractivity contribution in [3.63, 3.8) is 0 Å². The van der Waals surface area contributed by atoms with E-state index in [1.807, 2.05) is 37.3 Å². The molecule has 0 unspecified atom stereocenters. The number of rotatable bonds is 3. The third-order valence-electron chi connectivity index (χ3n) is 6.55. The number of pyridine rings is 2. The maximum absolute atomic E-state index is 14.7. The van der Waals surface area contributed by atoms with Gasteiger partial charge in [0, 0.05) is 23.5 Å². The number of hydrogen-bond donors (Lipinski definition) is 1. The van der Waals surface area contributed by atoms with Crippen LogP contribution in [0.1, 0.15) is 31.7 Å². The van der Waals surface area contributed by atoms with Crippen LogP contribution in [-0.2, 0) is 0 Å². The summed E-state index contributed by atoms with van der Waals surface area (Å²) in [7, 11) is 0. The molecule has 4 aromatic rings. The molecule has 2 N–H and O–H groups in total. The Hall–Kier alpha value is -3.18. The van der Waals surface area contributed by atoms with Crippen molar-refractivity contribution in [2.24, 2.45) is 0 Å². The fourth-order valence-corrected chi connectivity index (χ4v) is 5.05. The fourth-order valence-electron chi connectivity index (χ4n) is 4.79. The van der Waals surface area contributed by atoms with Gasteiger partial charge in [-0.25, -0.2) is 14.4 Å². The Labute approximate surface area is 198 Å². The summed E-state index contributed by atoms with van der Waals surface area (Å²) in [6.45, 7) is 5.15. The molecular formula is C27H26ClFN4. The van der Waals surface area contributed by atoms with Crippen LogP contribution in [0, 0.1) is 12.7 Å². The van der Waals surface area contributed by atoms with Crippen LogP contribution in [0.2, 0.25) is 5.02 Å². The molecule has 1 aliphatic heterocycles. The summed E-state index contributed by atoms with van der Waals surface area (Å²) in [5.41, 5.74) is 10.8. The van der Waals surface area contributed by atoms with Crippen LogP contribution in [0.3, 0.4) is 0 Å². The predicted molar refractivity (Wildman–Crippen MR) is 135 cm³/mol. The normalized spacial score (nSPS) is 16.4. The van der Waals surface area contributed by atoms with Crippen LogP contribution in [0.25, 0.3) is 33.3 Å². The molecule has 168 valence electrons. The first-order chi connectivity index (χ1) is 16.0. The molecule has 4 nitrogen and oxygen atoms in total. The van der Waals surface area contributed by atoms with Gasteiger partial charge in [0.15, 0.2) is 0 Å². The molecule has 0 amide bonds. The number of anilines is 2. The summed E-state index contributed by atoms with van der Waals surface area (Å²) in [6.07, 6.45) is 3.39. The Bertz CT molecular complexity index is 1350. The Balaban J connectivity index is 1.86. The maximum atomic E-state index is 14.7. The van der Waals surface area contributed by atoms with E-state index in [2.05, 4.69) is 11.8 Å². The van der Waals surface area contributed by atoms with Crippen LogP contribution in [0.4, 0.5) is 16.0 Å². The van der Waals surface area contributed by atoms with Crippen LogP contribution < -0.4 is 10.6 Å². The van der Waals surface area contributed by atoms with Gasteiger partial charge in [0.25, 0.3) is 0 Å². The number of benzene rings is 2. The van der Waals surface area contributed by atoms with E-state index in [9.17, 15) is 4.39 Å². The van der Waals surface area contributed by atoms with Crippen molar-refractivity contribution >= 4 is 34.1 Å². The molecule has 1 aliphatic rings. The largest absolute Gasteiger partial charge is 0.383 e. The van der Waals surface area contributed by atoms with E-state index in [4.69, 9.17) is 27.3 Å². The van der Waals surface area contributed by atoms with Gasteiger partial charge in [-0.3, -0.25) is 0 Å². The third kappa shape index (κ3) is 3.80. The number of fused-ring (bicyclic) bond motifs is 1. The predicted octanol–water partition coefficient (Wildman–Crippen LogP) is 7.03. The zero-order valence-corrected chi connectivity index (χ0v) is 19.5. The summed E-state index contributed by atoms with van der Waals surface area (Å²) in [5, 5.41) is 1.22. The molecule has 2 aromatic heterocycles. The number of nitrogens with two attached hydrogens (primary N) is 1. The Kier molecular flexibility index (Phi) is 5.67. The van der Waals surface area contributed by atoms with Crippen LogP contribution >= 0.6 is 11.6 Å². The second-order valence-electron chi connectivity index (χ2n) is 8.74. The summed E-state index contributed by atoms with van der Waals surface area (Å²) in [5.74, 6) is 0.844. The highest BCUT2D eigenvalue weighted by Crippen LogP contribution is 2.42. The first-order valence-electron chi connectivity index (χ1n) is 11.3. The zero-order chi connectivity index (χ0) is 23.1. The van der Waals surface area contributed by atoms with Crippen LogP contribution in [0.5, 0.6) is 0 Å². The number of nitrogens with zero attached hydrogens (tertiary/aromatic N) is 3. The topological polar surface area (TPSA) is 55.0 Å². The summed E-state index contributed by atoms with van der Waals surface area (Å²) < 4.78 is 14.7. The van der Waals surface area contributed by atoms with E-state index >= 15 is 0 Å². The molecular weight excluding hydrogens is 435 g/mol. The molecule has 0 saturated carbocycles. The lowest BCUT2D eigenvalue weighted by atomic mass is 9.97. The molecule has 1 fully saturated rings. The van der Waals surface area contributed by atoms with Crippen molar-refractivity contribution in [1.29, 1.82) is 0 Å². The van der Waals surface area contributed by atoms with Crippen molar-refractivity contribution in [1.82, 2.24) is 9.97 Å². The minimum atomic E-state index is -0.365. The molecule has 5 rings (SSSR count). The van der Waals surface area contributed by atoms with E-state index < -0.39 is 0 Å². The van der Waals surface area contributed by atoms with Crippen LogP contribution in [0.15, 0.2) is 54.6 Å². The molecule has 33 heavy (non-hydrogen) atoms. The van der Waals surface area contributed by atoms with Crippen molar-refractivity contribution in [2.75, 3.05) is 17.2 Å². The molecule has 2 aromatic carbocycles. The van der Waals surface area contributed by atoms with E-state index in [0.717, 1.165) is 47.3 Å². The lowest BCUT2D eigenvalue weighted by Crippen LogP contribution is -2.38. The second kappa shape index (κ2) is 8.64. The van der Waals surface area contributed by atoms with Gasteiger partial charge in [-0.2, -0.15) is 0 Å². The molecule has 1 saturated heterocycles. The average Bonchev–Trinajstić information content (AvgIpc) is 2.80. The molecule has 0 radical (unpaired) electrons. The van der Waals surface area contributed by atoms with E-state index in [1.165, 1.54) is 12.5 Å². The summed E-state index contributed by atoms with van der Waals surface area (Å²) >= 11 is 6.72. The Morgan fingerprint density at radius 3 is 2.48 bits per heavy atom. The third-order valence-corrected chi connectivity index (χ3v) is 6.84. The number of piperidine rings is 1. The SMILES string of the molecule is Cc1ccccc1-c1c(N)nc(N2CCCC[C@@H]2C)c2cc(Cl)c(-c3ccccc3F)nc12. The number of aryl methyl sites for hydroxylation is 1. The van der Waals surface area contributed by atoms with E-state index in [1.54, 1.807) is 18.2 Å². The molecule has 0 aliphatic carbocycles. The number of halogens is 2. The highest BCUT2D eigenvalue weighted by atomic mass is 35.5. The van der Waals surface area contributed by atoms with Crippen molar-refractivity contribution in [3.05, 3.63) is 71.0 Å². The van der Waals surface area contributed by atoms with Gasteiger partial charge in [0.05, 0.1) is 21.8 Å². The lowest BCUT2D eigenvalue weighted by Gasteiger charge is -2.35. The van der Waals surface area contributed by atoms with Gasteiger partial charge in [-0.15, -0.1) is 0 Å². The Morgan fingerprint density at radius 2 is 1.76 bits per heavy atom. The number of hydrogen-bond acceptors (Lipinski definition) is 4. The van der Waals surface area contributed by atoms with Gasteiger partial charge in [0.2, 0.25) is 0 Å². The number of aromatic nitrogens is 2. The van der Waals surface area contributed by atoms with E-state index in [-0.39, 0.29) is 5.82 Å². The monoisotopic (exact) mass is 460 g/mol. The highest BCUT2D eigenvalue weighted by molar-refractivity contribution is 6.34. The van der Waals surface area contributed by atoms with Gasteiger partial charge in [-0.05, 0) is 62.4 Å². The fraction of sp³-hybridized carbons (Fsp3) is 0.259. The first-order valence-corrected chi connectivity index (χ1v) is 11.7. The molecule has 1 atom stereocenters. The van der Waals surface area contributed by atoms with Crippen molar-refractivity contribution < 1.29 is 4.39 Å². The second-order valence-corrected chi connectivity index (χ2v) is 9.15. The van der Waals surface area contributed by atoms with Gasteiger partial charge >= 0.3 is 0 Å². The first kappa shape index (κ1) is 21.7. The summed E-state index contributed by atoms with van der Waals surface area (Å²) in [6, 6.07) is 16.8. The van der Waals surface area contributed by atoms with Gasteiger partial charge in [-0.1, -0.05) is 48.0 Å². The minimum Gasteiger partial charge on any atom is -0.383 e. The molecule has 0 spiro atoms. The zero-order valence-electron chi connectivity index (χ0n) is 18.8. The van der Waals surface area contributed by atoms with Crippen molar-refractivity contribution in [2.45, 2.75) is 39.2 Å². The highest BCUT2D eigenvalue weighted by Gasteiger charge is 2.26. The Morgan fingerprint density at radius 1 is 1.03 bits per heavy atom. The van der Waals surface area contributed by atoms with Gasteiger partial charge < -0.3 is 10.6 Å². The quantitative estimate of drug-likeness (QED) is 0.356. The van der Waals surface area contributed by atoms with Crippen LogP contribution in [-0.4, -0.2) is 22.6 Å². The number of nitrogen functional groups attached to an aromatic ring is 1.